The third-order valence-electron chi connectivity index (χ3n) is 24.5. The summed E-state index contributed by atoms with van der Waals surface area (Å²) >= 11 is 6.14. The second-order valence-electron chi connectivity index (χ2n) is 33.0. The van der Waals surface area contributed by atoms with Crippen molar-refractivity contribution in [3.63, 3.8) is 0 Å². The summed E-state index contributed by atoms with van der Waals surface area (Å²) in [4.78, 5) is 0. The van der Waals surface area contributed by atoms with Crippen molar-refractivity contribution in [2.24, 2.45) is 0 Å². The first-order valence-corrected chi connectivity index (χ1v) is 37.7. The maximum Gasteiger partial charge on any atom is 0.113 e. The van der Waals surface area contributed by atoms with Crippen molar-refractivity contribution in [3.8, 4) is 77.9 Å². The molecule has 0 spiro atoms. The summed E-state index contributed by atoms with van der Waals surface area (Å²) in [6, 6.07) is 107. The Balaban J connectivity index is 0.000000126. The molecule has 4 aliphatic rings. The lowest BCUT2D eigenvalue weighted by Gasteiger charge is -2.31. The number of fused-ring (bicyclic) bond motifs is 22. The van der Waals surface area contributed by atoms with Crippen LogP contribution in [0.15, 0.2) is 291 Å². The number of benzene rings is 16. The molecular weight excluding hydrogens is 1320 g/mol. The van der Waals surface area contributed by atoms with Gasteiger partial charge < -0.3 is 10.2 Å². The summed E-state index contributed by atoms with van der Waals surface area (Å²) in [7, 11) is 6.12. The van der Waals surface area contributed by atoms with Crippen LogP contribution in [0, 0.1) is 0 Å². The van der Waals surface area contributed by atoms with Crippen molar-refractivity contribution in [2.45, 2.75) is 123 Å². The first-order chi connectivity index (χ1) is 50.6. The van der Waals surface area contributed by atoms with Gasteiger partial charge in [0.15, 0.2) is 0 Å². The fourth-order valence-electron chi connectivity index (χ4n) is 17.6. The van der Waals surface area contributed by atoms with Crippen molar-refractivity contribution in [1.82, 2.24) is 0 Å². The number of halogens is 1. The van der Waals surface area contributed by atoms with E-state index < -0.39 is 11.2 Å². The summed E-state index contributed by atoms with van der Waals surface area (Å²) in [6.07, 6.45) is 0. The summed E-state index contributed by atoms with van der Waals surface area (Å²) < 4.78 is 0. The SMILES string of the molecule is C.CC(C)(O)C(C)(C)O.CC1(C)c2ccccc2-c2ccc(-c3ccc4c(c3)C(C)(C)c3cc(-c5ccc6ccc7c8ccccc8ccc7c6c5)ccc3-4)cc21.Clc1ccc2ccc3c4ccccc4ccc3c2c1.[B]c1ccc2c(c1)C(C)(C)c1cc(-c3ccc4c(c3)C(C)(C)c3ccccc3-4)ccc1-2. The largest absolute Gasteiger partial charge is 0.387 e. The highest BCUT2D eigenvalue weighted by molar-refractivity contribution is 6.33. The standard InChI is InChI=1S/C48H36.C30H25B.C18H11Cl.C6H14O2.CH4/c1-47(2)43-12-8-7-11-38(43)39-22-18-33(27-44(39)47)34-19-24-41-40-23-17-32(26-45(40)48(3,4)46(41)28-34)31-14-13-30-16-20-36-35-10-6-5-9-29(35)15-21-37(36)42(30)25-31;1-29(2)25-8-6-5-7-21(25)22-12-9-18(15-26(22)29)19-10-13-23-24-14-11-20(31)17-28(24)30(3,4)27(23)16-19;19-14-8-5-13-7-9-16-15-4-2-1-3-12(15)6-10-17(16)18(13)11-14;1-5(2,7)6(3,4)8;/h5-28H,1-4H3;5-17H,1-4H3;1-11H;7-8H,1-4H3;1H4. The molecule has 2 N–H and O–H groups in total. The van der Waals surface area contributed by atoms with Crippen molar-refractivity contribution in [1.29, 1.82) is 0 Å². The van der Waals surface area contributed by atoms with Gasteiger partial charge in [-0.25, -0.2) is 0 Å². The van der Waals surface area contributed by atoms with Gasteiger partial charge in [-0.1, -0.05) is 323 Å². The first-order valence-electron chi connectivity index (χ1n) is 37.3. The predicted molar refractivity (Wildman–Crippen MR) is 461 cm³/mol. The van der Waals surface area contributed by atoms with E-state index in [0.29, 0.717) is 0 Å². The summed E-state index contributed by atoms with van der Waals surface area (Å²) in [6.45, 7) is 25.1. The average Bonchev–Trinajstić information content (AvgIpc) is 1.60. The molecule has 0 amide bonds. The monoisotopic (exact) mass is 1400 g/mol. The van der Waals surface area contributed by atoms with Crippen LogP contribution in [0.4, 0.5) is 0 Å². The molecular formula is C103H90BClO2. The van der Waals surface area contributed by atoms with Gasteiger partial charge in [0, 0.05) is 26.7 Å². The van der Waals surface area contributed by atoms with Crippen LogP contribution in [0.25, 0.3) is 143 Å². The fraction of sp³-hybridized carbons (Fsp3) is 0.184. The Morgan fingerprint density at radius 2 is 0.495 bits per heavy atom. The van der Waals surface area contributed by atoms with E-state index in [4.69, 9.17) is 29.7 Å². The highest BCUT2D eigenvalue weighted by atomic mass is 35.5. The van der Waals surface area contributed by atoms with Crippen molar-refractivity contribution < 1.29 is 10.2 Å². The van der Waals surface area contributed by atoms with E-state index in [1.807, 2.05) is 18.2 Å². The summed E-state index contributed by atoms with van der Waals surface area (Å²) in [5.74, 6) is 0. The van der Waals surface area contributed by atoms with Crippen LogP contribution in [-0.2, 0) is 21.7 Å². The molecule has 0 aliphatic heterocycles. The number of hydrogen-bond acceptors (Lipinski definition) is 2. The van der Waals surface area contributed by atoms with Gasteiger partial charge in [0.2, 0.25) is 0 Å². The van der Waals surface area contributed by atoms with Crippen molar-refractivity contribution in [2.75, 3.05) is 0 Å². The summed E-state index contributed by atoms with van der Waals surface area (Å²) in [5, 5.41) is 34.4. The first kappa shape index (κ1) is 70.7. The maximum absolute atomic E-state index is 9.10. The molecule has 4 aliphatic carbocycles. The molecule has 16 aromatic rings. The van der Waals surface area contributed by atoms with Crippen molar-refractivity contribution in [3.05, 3.63) is 341 Å². The minimum atomic E-state index is -1.01. The Hall–Kier alpha value is -10.6. The second-order valence-corrected chi connectivity index (χ2v) is 33.4. The Morgan fingerprint density at radius 1 is 0.243 bits per heavy atom. The Kier molecular flexibility index (Phi) is 17.0. The van der Waals surface area contributed by atoms with Gasteiger partial charge >= 0.3 is 0 Å². The van der Waals surface area contributed by atoms with E-state index in [1.165, 1.54) is 187 Å². The van der Waals surface area contributed by atoms with Crippen LogP contribution in [0.2, 0.25) is 5.02 Å². The van der Waals surface area contributed by atoms with Crippen LogP contribution < -0.4 is 5.46 Å². The zero-order valence-corrected chi connectivity index (χ0v) is 63.3. The molecule has 2 nitrogen and oxygen atoms in total. The van der Waals surface area contributed by atoms with Crippen LogP contribution in [-0.4, -0.2) is 29.3 Å². The Morgan fingerprint density at radius 3 is 0.869 bits per heavy atom. The summed E-state index contributed by atoms with van der Waals surface area (Å²) in [5.41, 5.74) is 28.4. The quantitative estimate of drug-likeness (QED) is 0.136. The Bertz CT molecular complexity index is 6310. The predicted octanol–water partition coefficient (Wildman–Crippen LogP) is 26.8. The van der Waals surface area contributed by atoms with E-state index in [0.717, 1.165) is 10.5 Å². The third-order valence-corrected chi connectivity index (χ3v) is 24.7. The molecule has 107 heavy (non-hydrogen) atoms. The molecule has 0 atom stereocenters. The smallest absolute Gasteiger partial charge is 0.113 e. The molecule has 4 heteroatoms. The van der Waals surface area contributed by atoms with Crippen LogP contribution in [0.1, 0.15) is 135 Å². The van der Waals surface area contributed by atoms with Gasteiger partial charge in [0.1, 0.15) is 7.85 Å². The molecule has 20 rings (SSSR count). The van der Waals surface area contributed by atoms with Crippen LogP contribution in [0.3, 0.4) is 0 Å². The fourth-order valence-corrected chi connectivity index (χ4v) is 17.8. The molecule has 0 bridgehead atoms. The van der Waals surface area contributed by atoms with E-state index in [1.54, 1.807) is 27.7 Å². The molecule has 2 radical (unpaired) electrons. The molecule has 0 fully saturated rings. The van der Waals surface area contributed by atoms with Gasteiger partial charge in [-0.3, -0.25) is 0 Å². The second kappa shape index (κ2) is 25.8. The van der Waals surface area contributed by atoms with Crippen molar-refractivity contribution >= 4 is 89.5 Å². The maximum atomic E-state index is 9.10. The van der Waals surface area contributed by atoms with Gasteiger partial charge in [-0.05, 0) is 263 Å². The van der Waals surface area contributed by atoms with E-state index >= 15 is 0 Å². The molecule has 0 unspecified atom stereocenters. The number of rotatable bonds is 4. The van der Waals surface area contributed by atoms with E-state index in [9.17, 15) is 0 Å². The van der Waals surface area contributed by atoms with E-state index in [2.05, 4.69) is 328 Å². The normalized spacial score (nSPS) is 14.6. The molecule has 0 heterocycles. The van der Waals surface area contributed by atoms with Gasteiger partial charge in [-0.15, -0.1) is 0 Å². The lowest BCUT2D eigenvalue weighted by molar-refractivity contribution is -0.107. The molecule has 0 saturated heterocycles. The molecule has 16 aromatic carbocycles. The number of aliphatic hydroxyl groups is 2. The lowest BCUT2D eigenvalue weighted by atomic mass is 9.79. The average molecular weight is 1410 g/mol. The van der Waals surface area contributed by atoms with Gasteiger partial charge in [0.25, 0.3) is 0 Å². The minimum absolute atomic E-state index is 0. The minimum Gasteiger partial charge on any atom is -0.387 e. The highest BCUT2D eigenvalue weighted by Gasteiger charge is 2.40. The molecule has 524 valence electrons. The van der Waals surface area contributed by atoms with E-state index in [-0.39, 0.29) is 29.1 Å². The zero-order chi connectivity index (χ0) is 73.7. The third kappa shape index (κ3) is 11.7. The topological polar surface area (TPSA) is 40.5 Å². The molecule has 0 aromatic heterocycles. The zero-order valence-electron chi connectivity index (χ0n) is 62.6. The highest BCUT2D eigenvalue weighted by Crippen LogP contribution is 2.55. The van der Waals surface area contributed by atoms with Crippen LogP contribution in [0.5, 0.6) is 0 Å². The molecule has 0 saturated carbocycles. The lowest BCUT2D eigenvalue weighted by Crippen LogP contribution is -2.44. The van der Waals surface area contributed by atoms with Gasteiger partial charge in [-0.2, -0.15) is 0 Å². The van der Waals surface area contributed by atoms with Gasteiger partial charge in [0.05, 0.1) is 11.2 Å². The Labute approximate surface area is 637 Å². The number of hydrogen-bond donors (Lipinski definition) is 2. The van der Waals surface area contributed by atoms with Crippen LogP contribution >= 0.6 is 11.6 Å².